The smallest absolute Gasteiger partial charge is 0.376 e. The second kappa shape index (κ2) is 13.7. The lowest BCUT2D eigenvalue weighted by atomic mass is 10.2. The molecule has 0 aliphatic heterocycles. The zero-order valence-electron chi connectivity index (χ0n) is 18.1. The first-order chi connectivity index (χ1) is 13.3. The highest BCUT2D eigenvalue weighted by Gasteiger charge is 2.50. The van der Waals surface area contributed by atoms with Crippen molar-refractivity contribution in [3.8, 4) is 0 Å². The van der Waals surface area contributed by atoms with Crippen LogP contribution in [0.1, 0.15) is 0 Å². The summed E-state index contributed by atoms with van der Waals surface area (Å²) in [5.41, 5.74) is 0. The first kappa shape index (κ1) is 27.6. The summed E-state index contributed by atoms with van der Waals surface area (Å²) in [5, 5.41) is 0. The van der Waals surface area contributed by atoms with E-state index in [0.29, 0.717) is 0 Å². The summed E-state index contributed by atoms with van der Waals surface area (Å²) in [4.78, 5) is 0. The minimum atomic E-state index is -1.69. The summed E-state index contributed by atoms with van der Waals surface area (Å²) < 4.78 is 64.2. The van der Waals surface area contributed by atoms with Gasteiger partial charge in [-0.15, -0.1) is 0 Å². The van der Waals surface area contributed by atoms with E-state index >= 15 is 0 Å². The molecule has 0 aliphatic carbocycles. The van der Waals surface area contributed by atoms with Crippen LogP contribution in [0.15, 0.2) is 0 Å². The van der Waals surface area contributed by atoms with E-state index < -0.39 is 25.2 Å². The van der Waals surface area contributed by atoms with Gasteiger partial charge in [0.1, 0.15) is 19.8 Å². The lowest BCUT2D eigenvalue weighted by molar-refractivity contribution is -0.403. The highest BCUT2D eigenvalue weighted by molar-refractivity contribution is 6.36. The number of methoxy groups -OCH3 is 9. The van der Waals surface area contributed by atoms with Crippen LogP contribution in [0.2, 0.25) is 0 Å². The largest absolute Gasteiger partial charge is 0.651 e. The Kier molecular flexibility index (Phi) is 13.5. The Morgan fingerprint density at radius 1 is 0.429 bits per heavy atom. The number of hydrogen-bond donors (Lipinski definition) is 0. The van der Waals surface area contributed by atoms with E-state index in [1.165, 1.54) is 64.0 Å². The van der Waals surface area contributed by atoms with Crippen LogP contribution in [0, 0.1) is 0 Å². The lowest BCUT2D eigenvalue weighted by Crippen LogP contribution is -2.57. The van der Waals surface area contributed by atoms with Gasteiger partial charge in [0.25, 0.3) is 17.9 Å². The predicted octanol–water partition coefficient (Wildman–Crippen LogP) is -0.200. The standard InChI is InChI=1S/C15H33BO12/c1-17-10-13(20-4,21-5)26-16(27-14(22-6,23-7)11-18-2)28-15(24-8,25-9)12-19-3/h10-12H2,1-9H3. The summed E-state index contributed by atoms with van der Waals surface area (Å²) in [7, 11) is 10.8. The van der Waals surface area contributed by atoms with Gasteiger partial charge in [0, 0.05) is 64.0 Å². The van der Waals surface area contributed by atoms with Crippen LogP contribution in [0.3, 0.4) is 0 Å². The van der Waals surface area contributed by atoms with Crippen molar-refractivity contribution in [1.29, 1.82) is 0 Å². The molecule has 28 heavy (non-hydrogen) atoms. The molecule has 0 rings (SSSR count). The minimum Gasteiger partial charge on any atom is -0.376 e. The molecular weight excluding hydrogens is 383 g/mol. The first-order valence-electron chi connectivity index (χ1n) is 8.15. The van der Waals surface area contributed by atoms with E-state index in [2.05, 4.69) is 0 Å². The summed E-state index contributed by atoms with van der Waals surface area (Å²) in [6.07, 6.45) is 0. The fraction of sp³-hybridized carbons (Fsp3) is 1.00. The van der Waals surface area contributed by atoms with Crippen molar-refractivity contribution in [3.05, 3.63) is 0 Å². The van der Waals surface area contributed by atoms with Crippen LogP contribution < -0.4 is 0 Å². The van der Waals surface area contributed by atoms with Gasteiger partial charge in [0.05, 0.1) is 0 Å². The third-order valence-electron chi connectivity index (χ3n) is 3.66. The van der Waals surface area contributed by atoms with Crippen molar-refractivity contribution in [1.82, 2.24) is 0 Å². The molecule has 0 aromatic rings. The van der Waals surface area contributed by atoms with E-state index in [1.807, 2.05) is 0 Å². The van der Waals surface area contributed by atoms with Crippen molar-refractivity contribution in [2.45, 2.75) is 17.9 Å². The molecule has 0 N–H and O–H groups in total. The Balaban J connectivity index is 5.86. The molecule has 0 aromatic heterocycles. The number of hydrogen-bond acceptors (Lipinski definition) is 12. The van der Waals surface area contributed by atoms with E-state index in [9.17, 15) is 0 Å². The highest BCUT2D eigenvalue weighted by Crippen LogP contribution is 2.25. The molecule has 0 radical (unpaired) electrons. The quantitative estimate of drug-likeness (QED) is 0.218. The van der Waals surface area contributed by atoms with E-state index in [4.69, 9.17) is 56.6 Å². The normalized spacial score (nSPS) is 13.2. The van der Waals surface area contributed by atoms with Gasteiger partial charge in [-0.1, -0.05) is 0 Å². The van der Waals surface area contributed by atoms with E-state index in [-0.39, 0.29) is 19.8 Å². The Labute approximate surface area is 166 Å². The molecule has 168 valence electrons. The van der Waals surface area contributed by atoms with Gasteiger partial charge in [0.15, 0.2) is 0 Å². The van der Waals surface area contributed by atoms with Crippen LogP contribution in [-0.2, 0) is 56.6 Å². The fourth-order valence-electron chi connectivity index (χ4n) is 2.04. The number of ether oxygens (including phenoxy) is 9. The molecule has 0 spiro atoms. The third kappa shape index (κ3) is 7.78. The maximum atomic E-state index is 5.74. The van der Waals surface area contributed by atoms with Crippen LogP contribution in [0.4, 0.5) is 0 Å². The summed E-state index contributed by atoms with van der Waals surface area (Å²) in [6, 6.07) is 0. The molecule has 0 saturated heterocycles. The molecule has 0 atom stereocenters. The molecule has 12 nitrogen and oxygen atoms in total. The maximum Gasteiger partial charge on any atom is 0.651 e. The van der Waals surface area contributed by atoms with Gasteiger partial charge < -0.3 is 56.6 Å². The monoisotopic (exact) mass is 416 g/mol. The fourth-order valence-corrected chi connectivity index (χ4v) is 2.04. The van der Waals surface area contributed by atoms with Gasteiger partial charge in [-0.25, -0.2) is 0 Å². The second-order valence-corrected chi connectivity index (χ2v) is 5.22. The zero-order chi connectivity index (χ0) is 21.7. The molecular formula is C15H33BO12. The molecule has 0 amide bonds. The number of rotatable bonds is 18. The zero-order valence-corrected chi connectivity index (χ0v) is 18.1. The topological polar surface area (TPSA) is 111 Å². The van der Waals surface area contributed by atoms with Crippen molar-refractivity contribution >= 4 is 7.32 Å². The third-order valence-corrected chi connectivity index (χ3v) is 3.66. The van der Waals surface area contributed by atoms with E-state index in [1.54, 1.807) is 0 Å². The second-order valence-electron chi connectivity index (χ2n) is 5.22. The SMILES string of the molecule is COCC(OC)(OC)OB(OC(COC)(OC)OC)OC(COC)(OC)OC. The molecule has 0 heterocycles. The Morgan fingerprint density at radius 2 is 0.643 bits per heavy atom. The average Bonchev–Trinajstić information content (AvgIpc) is 2.72. The van der Waals surface area contributed by atoms with Crippen LogP contribution >= 0.6 is 0 Å². The maximum absolute atomic E-state index is 5.74. The van der Waals surface area contributed by atoms with Crippen molar-refractivity contribution < 1.29 is 56.6 Å². The molecule has 13 heteroatoms. The summed E-state index contributed by atoms with van der Waals surface area (Å²) in [5.74, 6) is -5.08. The lowest BCUT2D eigenvalue weighted by Gasteiger charge is -2.38. The molecule has 0 aliphatic rings. The Hall–Kier alpha value is -0.415. The molecule has 0 bridgehead atoms. The Bertz CT molecular complexity index is 330. The van der Waals surface area contributed by atoms with Gasteiger partial charge in [0.2, 0.25) is 0 Å². The summed E-state index contributed by atoms with van der Waals surface area (Å²) in [6.45, 7) is -0.382. The molecule has 0 aromatic carbocycles. The molecule has 0 fully saturated rings. The van der Waals surface area contributed by atoms with Gasteiger partial charge in [-0.05, 0) is 0 Å². The van der Waals surface area contributed by atoms with Gasteiger partial charge >= 0.3 is 7.32 Å². The van der Waals surface area contributed by atoms with Crippen LogP contribution in [0.5, 0.6) is 0 Å². The van der Waals surface area contributed by atoms with Gasteiger partial charge in [-0.2, -0.15) is 0 Å². The van der Waals surface area contributed by atoms with Crippen LogP contribution in [0.25, 0.3) is 0 Å². The summed E-state index contributed by atoms with van der Waals surface area (Å²) >= 11 is 0. The van der Waals surface area contributed by atoms with E-state index in [0.717, 1.165) is 0 Å². The van der Waals surface area contributed by atoms with Crippen LogP contribution in [-0.4, -0.2) is 109 Å². The Morgan fingerprint density at radius 3 is 0.786 bits per heavy atom. The van der Waals surface area contributed by atoms with Gasteiger partial charge in [-0.3, -0.25) is 0 Å². The van der Waals surface area contributed by atoms with Crippen molar-refractivity contribution in [3.63, 3.8) is 0 Å². The first-order valence-corrected chi connectivity index (χ1v) is 8.15. The van der Waals surface area contributed by atoms with Crippen molar-refractivity contribution in [2.75, 3.05) is 83.8 Å². The highest BCUT2D eigenvalue weighted by atomic mass is 17.0. The average molecular weight is 416 g/mol. The molecule has 0 saturated carbocycles. The van der Waals surface area contributed by atoms with Crippen molar-refractivity contribution in [2.24, 2.45) is 0 Å². The minimum absolute atomic E-state index is 0.127. The predicted molar refractivity (Wildman–Crippen MR) is 94.9 cm³/mol. The molecule has 0 unspecified atom stereocenters.